The van der Waals surface area contributed by atoms with E-state index >= 15 is 0 Å². The summed E-state index contributed by atoms with van der Waals surface area (Å²) in [5.41, 5.74) is -0.211. The largest absolute Gasteiger partial charge is 0.490 e. The molecule has 2 N–H and O–H groups in total. The van der Waals surface area contributed by atoms with Crippen molar-refractivity contribution in [3.8, 4) is 5.75 Å². The number of hydrogen-bond acceptors (Lipinski definition) is 4. The molecule has 1 heterocycles. The van der Waals surface area contributed by atoms with Gasteiger partial charge in [0.25, 0.3) is 0 Å². The topological polar surface area (TPSA) is 80.6 Å². The van der Waals surface area contributed by atoms with Gasteiger partial charge < -0.3 is 19.8 Å². The van der Waals surface area contributed by atoms with Crippen molar-refractivity contribution >= 4 is 22.8 Å². The minimum absolute atomic E-state index is 0.132. The van der Waals surface area contributed by atoms with Gasteiger partial charge in [0.1, 0.15) is 11.2 Å². The van der Waals surface area contributed by atoms with E-state index in [1.54, 1.807) is 0 Å². The predicted molar refractivity (Wildman–Crippen MR) is 96.8 cm³/mol. The molecule has 2 aliphatic carbocycles. The summed E-state index contributed by atoms with van der Waals surface area (Å²) in [6.07, 6.45) is 3.25. The molecule has 4 rings (SSSR count). The third kappa shape index (κ3) is 3.04. The second kappa shape index (κ2) is 6.34. The number of carbonyl (C=O) groups excluding carboxylic acids is 2. The molecule has 0 radical (unpaired) electrons. The van der Waals surface area contributed by atoms with E-state index in [9.17, 15) is 9.59 Å². The van der Waals surface area contributed by atoms with Crippen LogP contribution in [-0.2, 0) is 9.59 Å². The Balaban J connectivity index is 1.48. The Bertz CT molecular complexity index is 849. The molecule has 0 bridgehead atoms. The summed E-state index contributed by atoms with van der Waals surface area (Å²) in [4.78, 5) is 25.1. The summed E-state index contributed by atoms with van der Waals surface area (Å²) in [7, 11) is 0. The first-order chi connectivity index (χ1) is 12.5. The quantitative estimate of drug-likeness (QED) is 0.747. The lowest BCUT2D eigenvalue weighted by atomic mass is 10.0. The van der Waals surface area contributed by atoms with E-state index in [2.05, 4.69) is 10.6 Å². The molecule has 1 unspecified atom stereocenters. The fourth-order valence-electron chi connectivity index (χ4n) is 3.18. The van der Waals surface area contributed by atoms with Gasteiger partial charge in [0, 0.05) is 11.4 Å². The van der Waals surface area contributed by atoms with Crippen LogP contribution in [0.25, 0.3) is 11.0 Å². The zero-order valence-electron chi connectivity index (χ0n) is 15.1. The number of para-hydroxylation sites is 1. The van der Waals surface area contributed by atoms with Gasteiger partial charge in [-0.1, -0.05) is 12.1 Å². The molecule has 2 saturated carbocycles. The highest BCUT2D eigenvalue weighted by Gasteiger charge is 2.57. The maximum absolute atomic E-state index is 12.7. The molecule has 26 heavy (non-hydrogen) atoms. The third-order valence-electron chi connectivity index (χ3n) is 5.13. The average Bonchev–Trinajstić information content (AvgIpc) is 3.53. The number of fused-ring (bicyclic) bond motifs is 1. The van der Waals surface area contributed by atoms with Crippen molar-refractivity contribution in [3.63, 3.8) is 0 Å². The molecular formula is C20H24N2O4. The van der Waals surface area contributed by atoms with Crippen LogP contribution in [0.4, 0.5) is 0 Å². The molecule has 6 nitrogen and oxygen atoms in total. The lowest BCUT2D eigenvalue weighted by Gasteiger charge is -2.18. The van der Waals surface area contributed by atoms with Gasteiger partial charge in [-0.25, -0.2) is 0 Å². The lowest BCUT2D eigenvalue weighted by molar-refractivity contribution is -0.137. The Kier molecular flexibility index (Phi) is 4.13. The van der Waals surface area contributed by atoms with Crippen molar-refractivity contribution in [2.45, 2.75) is 51.6 Å². The first-order valence-electron chi connectivity index (χ1n) is 9.30. The standard InChI is InChI=1S/C20H24N2O4/c1-3-25-15-6-4-5-13-11-16(26-17(13)15)12(2)21-18(23)20(9-10-20)19(24)22-14-7-8-14/h4-6,11-12,14H,3,7-10H2,1-2H3,(H,21,23)(H,22,24). The van der Waals surface area contributed by atoms with Gasteiger partial charge in [-0.2, -0.15) is 0 Å². The Morgan fingerprint density at radius 2 is 2.08 bits per heavy atom. The molecule has 1 atom stereocenters. The zero-order chi connectivity index (χ0) is 18.3. The van der Waals surface area contributed by atoms with Crippen LogP contribution in [0.15, 0.2) is 28.7 Å². The zero-order valence-corrected chi connectivity index (χ0v) is 15.1. The number of nitrogens with one attached hydrogen (secondary N) is 2. The molecule has 1 aromatic carbocycles. The van der Waals surface area contributed by atoms with E-state index in [0.29, 0.717) is 36.5 Å². The summed E-state index contributed by atoms with van der Waals surface area (Å²) < 4.78 is 11.5. The number of furan rings is 1. The molecule has 2 aromatic rings. The summed E-state index contributed by atoms with van der Waals surface area (Å²) in [6.45, 7) is 4.35. The molecule has 0 spiro atoms. The van der Waals surface area contributed by atoms with Crippen LogP contribution in [0.2, 0.25) is 0 Å². The fraction of sp³-hybridized carbons (Fsp3) is 0.500. The Morgan fingerprint density at radius 3 is 2.73 bits per heavy atom. The summed E-state index contributed by atoms with van der Waals surface area (Å²) >= 11 is 0. The lowest BCUT2D eigenvalue weighted by Crippen LogP contribution is -2.44. The normalized spacial score (nSPS) is 19.0. The van der Waals surface area contributed by atoms with E-state index in [1.165, 1.54) is 0 Å². The smallest absolute Gasteiger partial charge is 0.236 e. The Morgan fingerprint density at radius 1 is 1.31 bits per heavy atom. The van der Waals surface area contributed by atoms with E-state index < -0.39 is 5.41 Å². The number of ether oxygens (including phenoxy) is 1. The van der Waals surface area contributed by atoms with Gasteiger partial charge in [0.15, 0.2) is 11.3 Å². The van der Waals surface area contributed by atoms with Crippen molar-refractivity contribution in [2.24, 2.45) is 5.41 Å². The highest BCUT2D eigenvalue weighted by Crippen LogP contribution is 2.47. The van der Waals surface area contributed by atoms with Gasteiger partial charge in [-0.05, 0) is 51.7 Å². The summed E-state index contributed by atoms with van der Waals surface area (Å²) in [5.74, 6) is 0.998. The molecule has 2 aliphatic rings. The van der Waals surface area contributed by atoms with Crippen LogP contribution in [-0.4, -0.2) is 24.5 Å². The number of amides is 2. The molecule has 138 valence electrons. The Hall–Kier alpha value is -2.50. The second-order valence-corrected chi connectivity index (χ2v) is 7.28. The van der Waals surface area contributed by atoms with Crippen LogP contribution in [0.1, 0.15) is 51.3 Å². The summed E-state index contributed by atoms with van der Waals surface area (Å²) in [5, 5.41) is 6.84. The summed E-state index contributed by atoms with van der Waals surface area (Å²) in [6, 6.07) is 7.58. The van der Waals surface area contributed by atoms with Crippen molar-refractivity contribution in [1.82, 2.24) is 10.6 Å². The molecule has 2 amide bonds. The molecular weight excluding hydrogens is 332 g/mol. The molecule has 0 aliphatic heterocycles. The van der Waals surface area contributed by atoms with E-state index in [-0.39, 0.29) is 23.9 Å². The van der Waals surface area contributed by atoms with Crippen molar-refractivity contribution < 1.29 is 18.7 Å². The molecule has 6 heteroatoms. The predicted octanol–water partition coefficient (Wildman–Crippen LogP) is 3.07. The van der Waals surface area contributed by atoms with Crippen LogP contribution in [0, 0.1) is 5.41 Å². The first-order valence-corrected chi connectivity index (χ1v) is 9.30. The third-order valence-corrected chi connectivity index (χ3v) is 5.13. The van der Waals surface area contributed by atoms with E-state index in [1.807, 2.05) is 38.1 Å². The second-order valence-electron chi connectivity index (χ2n) is 7.28. The maximum atomic E-state index is 12.7. The van der Waals surface area contributed by atoms with Crippen LogP contribution < -0.4 is 15.4 Å². The molecule has 2 fully saturated rings. The van der Waals surface area contributed by atoms with Crippen LogP contribution in [0.5, 0.6) is 5.75 Å². The fourth-order valence-corrected chi connectivity index (χ4v) is 3.18. The van der Waals surface area contributed by atoms with Crippen molar-refractivity contribution in [3.05, 3.63) is 30.0 Å². The number of rotatable bonds is 7. The minimum Gasteiger partial charge on any atom is -0.490 e. The number of carbonyl (C=O) groups is 2. The highest BCUT2D eigenvalue weighted by molar-refractivity contribution is 6.08. The SMILES string of the molecule is CCOc1cccc2cc(C(C)NC(=O)C3(C(=O)NC4CC4)CC3)oc12. The van der Waals surface area contributed by atoms with E-state index in [4.69, 9.17) is 9.15 Å². The maximum Gasteiger partial charge on any atom is 0.236 e. The number of hydrogen-bond donors (Lipinski definition) is 2. The van der Waals surface area contributed by atoms with Gasteiger partial charge >= 0.3 is 0 Å². The van der Waals surface area contributed by atoms with Crippen molar-refractivity contribution in [1.29, 1.82) is 0 Å². The monoisotopic (exact) mass is 356 g/mol. The molecule has 1 aromatic heterocycles. The average molecular weight is 356 g/mol. The minimum atomic E-state index is -0.890. The van der Waals surface area contributed by atoms with Gasteiger partial charge in [-0.15, -0.1) is 0 Å². The van der Waals surface area contributed by atoms with E-state index in [0.717, 1.165) is 18.2 Å². The van der Waals surface area contributed by atoms with Gasteiger partial charge in [-0.3, -0.25) is 9.59 Å². The highest BCUT2D eigenvalue weighted by atomic mass is 16.5. The Labute approximate surface area is 152 Å². The van der Waals surface area contributed by atoms with Gasteiger partial charge in [0.05, 0.1) is 12.6 Å². The van der Waals surface area contributed by atoms with Gasteiger partial charge in [0.2, 0.25) is 11.8 Å². The van der Waals surface area contributed by atoms with Crippen molar-refractivity contribution in [2.75, 3.05) is 6.61 Å². The molecule has 0 saturated heterocycles. The first kappa shape index (κ1) is 16.9. The number of benzene rings is 1. The van der Waals surface area contributed by atoms with Crippen LogP contribution >= 0.6 is 0 Å². The van der Waals surface area contributed by atoms with Crippen LogP contribution in [0.3, 0.4) is 0 Å².